The number of fused-ring (bicyclic) bond motifs is 2. The predicted octanol–water partition coefficient (Wildman–Crippen LogP) is 1.09. The van der Waals surface area contributed by atoms with Crippen LogP contribution in [-0.2, 0) is 35.7 Å². The molecule has 9 nitrogen and oxygen atoms in total. The molecule has 164 valence electrons. The fourth-order valence-corrected chi connectivity index (χ4v) is 4.37. The summed E-state index contributed by atoms with van der Waals surface area (Å²) in [6, 6.07) is 5.96. The minimum atomic E-state index is -0.0204. The molecule has 1 fully saturated rings. The van der Waals surface area contributed by atoms with Gasteiger partial charge in [-0.05, 0) is 18.2 Å². The van der Waals surface area contributed by atoms with E-state index < -0.39 is 0 Å². The molecule has 0 spiro atoms. The van der Waals surface area contributed by atoms with Gasteiger partial charge in [-0.3, -0.25) is 14.3 Å². The van der Waals surface area contributed by atoms with Gasteiger partial charge in [-0.2, -0.15) is 0 Å². The number of benzene rings is 1. The number of aromatic nitrogens is 4. The summed E-state index contributed by atoms with van der Waals surface area (Å²) >= 11 is 0. The molecule has 5 rings (SSSR count). The highest BCUT2D eigenvalue weighted by molar-refractivity contribution is 5.81. The zero-order valence-corrected chi connectivity index (χ0v) is 17.9. The van der Waals surface area contributed by atoms with Crippen molar-refractivity contribution in [3.63, 3.8) is 0 Å². The highest BCUT2D eigenvalue weighted by Gasteiger charge is 2.21. The van der Waals surface area contributed by atoms with E-state index in [1.54, 1.807) is 18.0 Å². The van der Waals surface area contributed by atoms with Crippen LogP contribution in [0.25, 0.3) is 10.9 Å². The van der Waals surface area contributed by atoms with Gasteiger partial charge in [-0.1, -0.05) is 0 Å². The van der Waals surface area contributed by atoms with Gasteiger partial charge in [0, 0.05) is 58.3 Å². The molecule has 0 atom stereocenters. The number of anilines is 1. The molecule has 0 radical (unpaired) electrons. The first-order chi connectivity index (χ1) is 15.2. The molecule has 0 aliphatic carbocycles. The monoisotopic (exact) mass is 424 g/mol. The van der Waals surface area contributed by atoms with Crippen molar-refractivity contribution in [2.75, 3.05) is 51.4 Å². The van der Waals surface area contributed by atoms with E-state index in [0.717, 1.165) is 62.9 Å². The summed E-state index contributed by atoms with van der Waals surface area (Å²) < 4.78 is 14.5. The summed E-state index contributed by atoms with van der Waals surface area (Å²) in [5.41, 5.74) is 3.11. The molecule has 0 bridgehead atoms. The van der Waals surface area contributed by atoms with Gasteiger partial charge >= 0.3 is 0 Å². The molecule has 2 aromatic heterocycles. The average Bonchev–Trinajstić information content (AvgIpc) is 3.22. The summed E-state index contributed by atoms with van der Waals surface area (Å²) in [5.74, 6) is 1.03. The van der Waals surface area contributed by atoms with Crippen LogP contribution >= 0.6 is 0 Å². The molecule has 0 amide bonds. The number of methoxy groups -OCH3 is 1. The minimum absolute atomic E-state index is 0.0204. The maximum atomic E-state index is 12.7. The van der Waals surface area contributed by atoms with Gasteiger partial charge in [0.15, 0.2) is 0 Å². The molecule has 2 aliphatic rings. The quantitative estimate of drug-likeness (QED) is 0.586. The van der Waals surface area contributed by atoms with Crippen molar-refractivity contribution >= 4 is 16.6 Å². The summed E-state index contributed by atoms with van der Waals surface area (Å²) in [6.07, 6.45) is 3.60. The van der Waals surface area contributed by atoms with E-state index in [0.29, 0.717) is 25.1 Å². The fraction of sp³-hybridized carbons (Fsp3) is 0.500. The SMILES string of the molecule is COCCn1cnc2cc(N3CCN(Cc4cnc5n4CCOC5)CC3)ccc2c1=O. The lowest BCUT2D eigenvalue weighted by Crippen LogP contribution is -2.46. The first-order valence-corrected chi connectivity index (χ1v) is 10.8. The molecule has 4 heterocycles. The Hall–Kier alpha value is -2.75. The molecule has 31 heavy (non-hydrogen) atoms. The van der Waals surface area contributed by atoms with Gasteiger partial charge < -0.3 is 18.9 Å². The first kappa shape index (κ1) is 20.2. The van der Waals surface area contributed by atoms with Crippen molar-refractivity contribution < 1.29 is 9.47 Å². The van der Waals surface area contributed by atoms with Crippen molar-refractivity contribution in [1.29, 1.82) is 0 Å². The molecule has 1 aromatic carbocycles. The molecule has 1 saturated heterocycles. The summed E-state index contributed by atoms with van der Waals surface area (Å²) in [4.78, 5) is 26.5. The Morgan fingerprint density at radius 3 is 2.84 bits per heavy atom. The molecule has 0 unspecified atom stereocenters. The standard InChI is InChI=1S/C22H28N6O3/c1-30-10-8-27-16-24-20-12-17(2-3-19(20)22(27)29)26-6-4-25(5-7-26)14-18-13-23-21-15-31-11-9-28(18)21/h2-3,12-13,16H,4-11,14-15H2,1H3. The van der Waals surface area contributed by atoms with E-state index in [4.69, 9.17) is 9.47 Å². The summed E-state index contributed by atoms with van der Waals surface area (Å²) in [5, 5.41) is 0.649. The highest BCUT2D eigenvalue weighted by atomic mass is 16.5. The van der Waals surface area contributed by atoms with Crippen molar-refractivity contribution in [3.8, 4) is 0 Å². The number of ether oxygens (including phenoxy) is 2. The fourth-order valence-electron chi connectivity index (χ4n) is 4.37. The third kappa shape index (κ3) is 4.08. The number of hydrogen-bond donors (Lipinski definition) is 0. The third-order valence-electron chi connectivity index (χ3n) is 6.18. The van der Waals surface area contributed by atoms with Crippen LogP contribution in [0, 0.1) is 0 Å². The topological polar surface area (TPSA) is 77.7 Å². The zero-order chi connectivity index (χ0) is 21.2. The van der Waals surface area contributed by atoms with Gasteiger partial charge in [0.25, 0.3) is 5.56 Å². The van der Waals surface area contributed by atoms with Crippen LogP contribution in [0.5, 0.6) is 0 Å². The van der Waals surface area contributed by atoms with Crippen LogP contribution in [-0.4, -0.2) is 70.5 Å². The van der Waals surface area contributed by atoms with E-state index >= 15 is 0 Å². The Labute approximate surface area is 180 Å². The average molecular weight is 425 g/mol. The number of rotatable bonds is 6. The second-order valence-corrected chi connectivity index (χ2v) is 8.07. The van der Waals surface area contributed by atoms with Crippen LogP contribution in [0.1, 0.15) is 11.5 Å². The number of imidazole rings is 1. The molecule has 3 aromatic rings. The van der Waals surface area contributed by atoms with Crippen LogP contribution < -0.4 is 10.5 Å². The van der Waals surface area contributed by atoms with Gasteiger partial charge in [0.05, 0.1) is 42.7 Å². The molecule has 0 N–H and O–H groups in total. The van der Waals surface area contributed by atoms with Crippen molar-refractivity contribution in [2.45, 2.75) is 26.2 Å². The minimum Gasteiger partial charge on any atom is -0.383 e. The smallest absolute Gasteiger partial charge is 0.261 e. The van der Waals surface area contributed by atoms with Gasteiger partial charge in [0.2, 0.25) is 0 Å². The lowest BCUT2D eigenvalue weighted by Gasteiger charge is -2.36. The lowest BCUT2D eigenvalue weighted by atomic mass is 10.2. The lowest BCUT2D eigenvalue weighted by molar-refractivity contribution is 0.0795. The zero-order valence-electron chi connectivity index (χ0n) is 17.9. The van der Waals surface area contributed by atoms with Gasteiger partial charge in [-0.25, -0.2) is 9.97 Å². The normalized spacial score (nSPS) is 17.3. The van der Waals surface area contributed by atoms with Gasteiger partial charge in [0.1, 0.15) is 12.4 Å². The van der Waals surface area contributed by atoms with Crippen LogP contribution in [0.3, 0.4) is 0 Å². The number of piperazine rings is 1. The van der Waals surface area contributed by atoms with Crippen molar-refractivity contribution in [2.24, 2.45) is 0 Å². The van der Waals surface area contributed by atoms with Crippen molar-refractivity contribution in [3.05, 3.63) is 52.6 Å². The second-order valence-electron chi connectivity index (χ2n) is 8.07. The molecule has 9 heteroatoms. The maximum absolute atomic E-state index is 12.7. The van der Waals surface area contributed by atoms with E-state index in [9.17, 15) is 4.79 Å². The predicted molar refractivity (Wildman–Crippen MR) is 117 cm³/mol. The number of hydrogen-bond acceptors (Lipinski definition) is 7. The maximum Gasteiger partial charge on any atom is 0.261 e. The Morgan fingerprint density at radius 2 is 2.00 bits per heavy atom. The Morgan fingerprint density at radius 1 is 1.13 bits per heavy atom. The van der Waals surface area contributed by atoms with E-state index in [1.807, 2.05) is 24.4 Å². The summed E-state index contributed by atoms with van der Waals surface area (Å²) in [6.45, 7) is 8.05. The Bertz CT molecular complexity index is 1120. The first-order valence-electron chi connectivity index (χ1n) is 10.8. The van der Waals surface area contributed by atoms with Crippen LogP contribution in [0.15, 0.2) is 35.5 Å². The van der Waals surface area contributed by atoms with E-state index in [2.05, 4.69) is 24.3 Å². The van der Waals surface area contributed by atoms with E-state index in [-0.39, 0.29) is 5.56 Å². The molecular formula is C22H28N6O3. The van der Waals surface area contributed by atoms with E-state index in [1.165, 1.54) is 5.69 Å². The van der Waals surface area contributed by atoms with Crippen LogP contribution in [0.2, 0.25) is 0 Å². The summed E-state index contributed by atoms with van der Waals surface area (Å²) in [7, 11) is 1.63. The van der Waals surface area contributed by atoms with Crippen molar-refractivity contribution in [1.82, 2.24) is 24.0 Å². The van der Waals surface area contributed by atoms with Gasteiger partial charge in [-0.15, -0.1) is 0 Å². The molecule has 0 saturated carbocycles. The Balaban J connectivity index is 1.25. The number of nitrogens with zero attached hydrogens (tertiary/aromatic N) is 6. The third-order valence-corrected chi connectivity index (χ3v) is 6.18. The Kier molecular flexibility index (Phi) is 5.71. The molecule has 2 aliphatic heterocycles. The largest absolute Gasteiger partial charge is 0.383 e. The molecular weight excluding hydrogens is 396 g/mol. The highest BCUT2D eigenvalue weighted by Crippen LogP contribution is 2.21. The van der Waals surface area contributed by atoms with Crippen LogP contribution in [0.4, 0.5) is 5.69 Å². The second kappa shape index (κ2) is 8.78.